The highest BCUT2D eigenvalue weighted by Crippen LogP contribution is 2.29. The molecule has 0 bridgehead atoms. The first kappa shape index (κ1) is 11.9. The molecule has 0 aliphatic carbocycles. The molecular weight excluding hydrogens is 258 g/mol. The van der Waals surface area contributed by atoms with E-state index in [-0.39, 0.29) is 0 Å². The minimum Gasteiger partial charge on any atom is -0.497 e. The van der Waals surface area contributed by atoms with Crippen molar-refractivity contribution in [3.8, 4) is 16.5 Å². The van der Waals surface area contributed by atoms with Crippen molar-refractivity contribution in [2.75, 3.05) is 12.8 Å². The van der Waals surface area contributed by atoms with Crippen molar-refractivity contribution >= 4 is 28.1 Å². The Morgan fingerprint density at radius 1 is 1.16 bits per heavy atom. The molecule has 0 aliphatic heterocycles. The van der Waals surface area contributed by atoms with E-state index < -0.39 is 0 Å². The number of ether oxygens (including phenoxy) is 1. The predicted octanol–water partition coefficient (Wildman–Crippen LogP) is 3.26. The zero-order valence-electron chi connectivity index (χ0n) is 10.7. The number of aromatic nitrogens is 2. The van der Waals surface area contributed by atoms with Gasteiger partial charge >= 0.3 is 0 Å². The minimum absolute atomic E-state index is 0.477. The maximum Gasteiger partial charge on any atom is 0.172 e. The molecule has 0 atom stereocenters. The number of hydrogen-bond donors (Lipinski definition) is 1. The Labute approximate surface area is 114 Å². The first-order valence-electron chi connectivity index (χ1n) is 5.85. The second-order valence-corrected chi connectivity index (χ2v) is 5.51. The van der Waals surface area contributed by atoms with Crippen molar-refractivity contribution in [3.05, 3.63) is 35.2 Å². The Morgan fingerprint density at radius 3 is 2.68 bits per heavy atom. The lowest BCUT2D eigenvalue weighted by atomic mass is 10.2. The molecule has 3 rings (SSSR count). The second kappa shape index (κ2) is 4.51. The van der Waals surface area contributed by atoms with Gasteiger partial charge in [-0.1, -0.05) is 0 Å². The summed E-state index contributed by atoms with van der Waals surface area (Å²) in [6.07, 6.45) is 0. The summed E-state index contributed by atoms with van der Waals surface area (Å²) in [4.78, 5) is 11.2. The second-order valence-electron chi connectivity index (χ2n) is 4.23. The van der Waals surface area contributed by atoms with Gasteiger partial charge in [-0.2, -0.15) is 0 Å². The number of nitrogen functional groups attached to an aromatic ring is 1. The quantitative estimate of drug-likeness (QED) is 0.777. The van der Waals surface area contributed by atoms with Crippen LogP contribution >= 0.6 is 11.3 Å². The summed E-state index contributed by atoms with van der Waals surface area (Å²) in [6.45, 7) is 2.06. The zero-order chi connectivity index (χ0) is 13.4. The van der Waals surface area contributed by atoms with Gasteiger partial charge < -0.3 is 10.5 Å². The molecule has 2 N–H and O–H groups in total. The molecule has 1 aromatic carbocycles. The van der Waals surface area contributed by atoms with Crippen LogP contribution < -0.4 is 10.5 Å². The molecule has 3 aromatic rings. The summed E-state index contributed by atoms with van der Waals surface area (Å²) >= 11 is 1.66. The third-order valence-corrected chi connectivity index (χ3v) is 3.89. The van der Waals surface area contributed by atoms with Crippen LogP contribution in [-0.2, 0) is 0 Å². The monoisotopic (exact) mass is 271 g/mol. The Bertz CT molecular complexity index is 752. The summed E-state index contributed by atoms with van der Waals surface area (Å²) in [5.74, 6) is 1.90. The van der Waals surface area contributed by atoms with E-state index in [0.717, 1.165) is 21.5 Å². The summed E-state index contributed by atoms with van der Waals surface area (Å²) in [6, 6.07) is 9.70. The van der Waals surface area contributed by atoms with Gasteiger partial charge in [0.05, 0.1) is 17.5 Å². The molecule has 0 aliphatic rings. The summed E-state index contributed by atoms with van der Waals surface area (Å²) < 4.78 is 5.19. The van der Waals surface area contributed by atoms with Crippen LogP contribution in [0.3, 0.4) is 0 Å². The maximum absolute atomic E-state index is 6.02. The van der Waals surface area contributed by atoms with E-state index in [1.165, 1.54) is 4.88 Å². The number of nitrogens with zero attached hydrogens (tertiary/aromatic N) is 2. The molecule has 4 nitrogen and oxygen atoms in total. The molecule has 0 saturated carbocycles. The molecule has 96 valence electrons. The molecular formula is C14H13N3OS. The minimum atomic E-state index is 0.477. The SMILES string of the molecule is COc1ccc2nc(-c3ccc(C)s3)nc(N)c2c1. The van der Waals surface area contributed by atoms with Crippen molar-refractivity contribution in [2.24, 2.45) is 0 Å². The van der Waals surface area contributed by atoms with Gasteiger partial charge in [0.1, 0.15) is 11.6 Å². The fourth-order valence-corrected chi connectivity index (χ4v) is 2.72. The van der Waals surface area contributed by atoms with Crippen molar-refractivity contribution < 1.29 is 4.74 Å². The lowest BCUT2D eigenvalue weighted by molar-refractivity contribution is 0.415. The number of hydrogen-bond acceptors (Lipinski definition) is 5. The van der Waals surface area contributed by atoms with Crippen molar-refractivity contribution in [3.63, 3.8) is 0 Å². The normalized spacial score (nSPS) is 10.8. The molecule has 2 heterocycles. The van der Waals surface area contributed by atoms with E-state index in [1.807, 2.05) is 24.3 Å². The van der Waals surface area contributed by atoms with Gasteiger partial charge in [0.25, 0.3) is 0 Å². The van der Waals surface area contributed by atoms with Crippen LogP contribution in [0.5, 0.6) is 5.75 Å². The van der Waals surface area contributed by atoms with Gasteiger partial charge in [-0.05, 0) is 37.3 Å². The van der Waals surface area contributed by atoms with Crippen LogP contribution in [0.4, 0.5) is 5.82 Å². The van der Waals surface area contributed by atoms with E-state index in [0.29, 0.717) is 11.6 Å². The van der Waals surface area contributed by atoms with Gasteiger partial charge in [-0.3, -0.25) is 0 Å². The average molecular weight is 271 g/mol. The van der Waals surface area contributed by atoms with Gasteiger partial charge in [-0.25, -0.2) is 9.97 Å². The van der Waals surface area contributed by atoms with Crippen LogP contribution in [-0.4, -0.2) is 17.1 Å². The van der Waals surface area contributed by atoms with E-state index in [2.05, 4.69) is 23.0 Å². The molecule has 5 heteroatoms. The van der Waals surface area contributed by atoms with Crippen LogP contribution in [0.15, 0.2) is 30.3 Å². The predicted molar refractivity (Wildman–Crippen MR) is 78.6 cm³/mol. The third-order valence-electron chi connectivity index (χ3n) is 2.89. The fourth-order valence-electron chi connectivity index (χ4n) is 1.92. The van der Waals surface area contributed by atoms with Gasteiger partial charge in [0.15, 0.2) is 5.82 Å². The first-order valence-corrected chi connectivity index (χ1v) is 6.67. The Hall–Kier alpha value is -2.14. The van der Waals surface area contributed by atoms with Crippen molar-refractivity contribution in [1.82, 2.24) is 9.97 Å². The smallest absolute Gasteiger partial charge is 0.172 e. The van der Waals surface area contributed by atoms with Crippen LogP contribution in [0, 0.1) is 6.92 Å². The summed E-state index contributed by atoms with van der Waals surface area (Å²) in [5.41, 5.74) is 6.85. The number of thiophene rings is 1. The largest absolute Gasteiger partial charge is 0.497 e. The van der Waals surface area contributed by atoms with E-state index in [9.17, 15) is 0 Å². The van der Waals surface area contributed by atoms with Crippen molar-refractivity contribution in [1.29, 1.82) is 0 Å². The standard InChI is InChI=1S/C14H13N3OS/c1-8-3-6-12(19-8)14-16-11-5-4-9(18-2)7-10(11)13(15)17-14/h3-7H,1-2H3,(H2,15,16,17). The molecule has 0 saturated heterocycles. The Balaban J connectivity index is 2.19. The average Bonchev–Trinajstić information content (AvgIpc) is 2.85. The van der Waals surface area contributed by atoms with Crippen LogP contribution in [0.1, 0.15) is 4.88 Å². The number of benzene rings is 1. The molecule has 0 radical (unpaired) electrons. The third kappa shape index (κ3) is 2.13. The fraction of sp³-hybridized carbons (Fsp3) is 0.143. The van der Waals surface area contributed by atoms with Gasteiger partial charge in [-0.15, -0.1) is 11.3 Å². The summed E-state index contributed by atoms with van der Waals surface area (Å²) in [5, 5.41) is 0.816. The molecule has 0 amide bonds. The number of methoxy groups -OCH3 is 1. The van der Waals surface area contributed by atoms with Gasteiger partial charge in [0.2, 0.25) is 0 Å². The molecule has 0 unspecified atom stereocenters. The number of aryl methyl sites for hydroxylation is 1. The maximum atomic E-state index is 6.02. The highest BCUT2D eigenvalue weighted by molar-refractivity contribution is 7.15. The molecule has 0 spiro atoms. The number of fused-ring (bicyclic) bond motifs is 1. The van der Waals surface area contributed by atoms with Crippen LogP contribution in [0.2, 0.25) is 0 Å². The zero-order valence-corrected chi connectivity index (χ0v) is 11.5. The number of rotatable bonds is 2. The Kier molecular flexibility index (Phi) is 2.83. The van der Waals surface area contributed by atoms with Crippen molar-refractivity contribution in [2.45, 2.75) is 6.92 Å². The van der Waals surface area contributed by atoms with E-state index in [1.54, 1.807) is 18.4 Å². The van der Waals surface area contributed by atoms with E-state index in [4.69, 9.17) is 10.5 Å². The highest BCUT2D eigenvalue weighted by Gasteiger charge is 2.09. The van der Waals surface area contributed by atoms with E-state index >= 15 is 0 Å². The molecule has 2 aromatic heterocycles. The lowest BCUT2D eigenvalue weighted by Crippen LogP contribution is -1.97. The Morgan fingerprint density at radius 2 is 2.00 bits per heavy atom. The topological polar surface area (TPSA) is 61.0 Å². The first-order chi connectivity index (χ1) is 9.17. The molecule has 0 fully saturated rings. The number of nitrogens with two attached hydrogens (primary N) is 1. The van der Waals surface area contributed by atoms with Crippen LogP contribution in [0.25, 0.3) is 21.6 Å². The summed E-state index contributed by atoms with van der Waals surface area (Å²) in [7, 11) is 1.63. The molecule has 19 heavy (non-hydrogen) atoms. The van der Waals surface area contributed by atoms with Gasteiger partial charge in [0, 0.05) is 10.3 Å². The number of anilines is 1. The highest BCUT2D eigenvalue weighted by atomic mass is 32.1. The lowest BCUT2D eigenvalue weighted by Gasteiger charge is -2.06.